The Morgan fingerprint density at radius 1 is 1.31 bits per heavy atom. The Hall–Kier alpha value is 0.170. The predicted molar refractivity (Wildman–Crippen MR) is 76.7 cm³/mol. The number of halogens is 2. The zero-order valence-electron chi connectivity index (χ0n) is 10.3. The molecule has 4 heteroatoms. The van der Waals surface area contributed by atoms with E-state index in [4.69, 9.17) is 0 Å². The summed E-state index contributed by atoms with van der Waals surface area (Å²) >= 11 is 7.20. The first-order valence-corrected chi connectivity index (χ1v) is 8.00. The molecular formula is C12H20Br2N2. The summed E-state index contributed by atoms with van der Waals surface area (Å²) in [5.74, 6) is 0. The Labute approximate surface area is 115 Å². The third kappa shape index (κ3) is 3.33. The van der Waals surface area contributed by atoms with Crippen LogP contribution in [0.25, 0.3) is 0 Å². The van der Waals surface area contributed by atoms with Crippen molar-refractivity contribution in [2.45, 2.75) is 40.2 Å². The molecule has 0 aliphatic heterocycles. The van der Waals surface area contributed by atoms with Crippen LogP contribution in [0.3, 0.4) is 0 Å². The topological polar surface area (TPSA) is 17.8 Å². The monoisotopic (exact) mass is 350 g/mol. The van der Waals surface area contributed by atoms with E-state index in [0.717, 1.165) is 30.0 Å². The van der Waals surface area contributed by atoms with Crippen LogP contribution in [0.1, 0.15) is 32.2 Å². The van der Waals surface area contributed by atoms with Crippen molar-refractivity contribution in [2.75, 3.05) is 10.7 Å². The number of aromatic nitrogens is 2. The average Bonchev–Trinajstić information content (AvgIpc) is 2.71. The van der Waals surface area contributed by atoms with Crippen LogP contribution < -0.4 is 0 Å². The number of nitrogens with zero attached hydrogens (tertiary/aromatic N) is 2. The molecule has 0 atom stereocenters. The van der Waals surface area contributed by atoms with Crippen LogP contribution in [0.2, 0.25) is 0 Å². The molecule has 0 saturated heterocycles. The lowest BCUT2D eigenvalue weighted by molar-refractivity contribution is 0.418. The maximum atomic E-state index is 4.59. The first-order chi connectivity index (χ1) is 7.58. The van der Waals surface area contributed by atoms with E-state index >= 15 is 0 Å². The van der Waals surface area contributed by atoms with Gasteiger partial charge in [0.2, 0.25) is 0 Å². The molecule has 16 heavy (non-hydrogen) atoms. The van der Waals surface area contributed by atoms with Crippen molar-refractivity contribution >= 4 is 31.9 Å². The minimum atomic E-state index is 0.262. The fraction of sp³-hybridized carbons (Fsp3) is 0.750. The summed E-state index contributed by atoms with van der Waals surface area (Å²) in [7, 11) is 0. The van der Waals surface area contributed by atoms with Crippen LogP contribution in [-0.2, 0) is 19.4 Å². The van der Waals surface area contributed by atoms with Gasteiger partial charge in [0, 0.05) is 22.9 Å². The third-order valence-corrected chi connectivity index (χ3v) is 5.54. The van der Waals surface area contributed by atoms with Gasteiger partial charge in [0.15, 0.2) is 0 Å². The molecule has 0 aliphatic carbocycles. The Bertz CT molecular complexity index is 330. The minimum Gasteiger partial charge on any atom is -0.270 e. The van der Waals surface area contributed by atoms with Crippen molar-refractivity contribution in [3.05, 3.63) is 17.5 Å². The van der Waals surface area contributed by atoms with Crippen molar-refractivity contribution in [1.82, 2.24) is 9.78 Å². The van der Waals surface area contributed by atoms with Crippen LogP contribution in [0, 0.1) is 5.41 Å². The molecule has 2 nitrogen and oxygen atoms in total. The van der Waals surface area contributed by atoms with Gasteiger partial charge in [-0.3, -0.25) is 4.68 Å². The summed E-state index contributed by atoms with van der Waals surface area (Å²) in [6, 6.07) is 2.24. The van der Waals surface area contributed by atoms with Gasteiger partial charge in [-0.1, -0.05) is 45.7 Å². The van der Waals surface area contributed by atoms with E-state index < -0.39 is 0 Å². The Morgan fingerprint density at radius 2 is 1.94 bits per heavy atom. The van der Waals surface area contributed by atoms with Gasteiger partial charge in [0.05, 0.1) is 5.69 Å². The summed E-state index contributed by atoms with van der Waals surface area (Å²) in [6.07, 6.45) is 2.07. The van der Waals surface area contributed by atoms with Gasteiger partial charge in [-0.2, -0.15) is 5.10 Å². The summed E-state index contributed by atoms with van der Waals surface area (Å²) in [4.78, 5) is 0. The largest absolute Gasteiger partial charge is 0.270 e. The first-order valence-electron chi connectivity index (χ1n) is 5.76. The molecule has 0 aliphatic rings. The standard InChI is InChI=1S/C12H20Br2N2/c1-4-10-6-11(16(5-2)15-10)7-12(3,8-13)9-14/h6H,4-5,7-9H2,1-3H3. The van der Waals surface area contributed by atoms with E-state index in [1.807, 2.05) is 0 Å². The highest BCUT2D eigenvalue weighted by Crippen LogP contribution is 2.27. The molecule has 1 heterocycles. The average molecular weight is 352 g/mol. The molecule has 1 aromatic heterocycles. The third-order valence-electron chi connectivity index (χ3n) is 2.83. The summed E-state index contributed by atoms with van der Waals surface area (Å²) < 4.78 is 2.13. The molecule has 0 radical (unpaired) electrons. The maximum Gasteiger partial charge on any atom is 0.0624 e. The van der Waals surface area contributed by atoms with E-state index in [9.17, 15) is 0 Å². The molecule has 0 fully saturated rings. The second-order valence-corrected chi connectivity index (χ2v) is 5.67. The lowest BCUT2D eigenvalue weighted by Crippen LogP contribution is -2.25. The highest BCUT2D eigenvalue weighted by Gasteiger charge is 2.24. The summed E-state index contributed by atoms with van der Waals surface area (Å²) in [5.41, 5.74) is 2.81. The Balaban J connectivity index is 2.90. The lowest BCUT2D eigenvalue weighted by Gasteiger charge is -2.24. The fourth-order valence-electron chi connectivity index (χ4n) is 1.67. The molecule has 0 spiro atoms. The Kier molecular flexibility index (Phi) is 5.51. The van der Waals surface area contributed by atoms with Crippen LogP contribution in [0.4, 0.5) is 0 Å². The first kappa shape index (κ1) is 14.2. The maximum absolute atomic E-state index is 4.59. The second-order valence-electron chi connectivity index (χ2n) is 4.55. The zero-order valence-corrected chi connectivity index (χ0v) is 13.4. The molecule has 1 aromatic rings. The number of hydrogen-bond donors (Lipinski definition) is 0. The molecular weight excluding hydrogens is 332 g/mol. The van der Waals surface area contributed by atoms with Gasteiger partial charge in [0.1, 0.15) is 0 Å². The van der Waals surface area contributed by atoms with Crippen molar-refractivity contribution in [1.29, 1.82) is 0 Å². The van der Waals surface area contributed by atoms with Crippen LogP contribution in [0.15, 0.2) is 6.07 Å². The van der Waals surface area contributed by atoms with Gasteiger partial charge >= 0.3 is 0 Å². The van der Waals surface area contributed by atoms with Gasteiger partial charge in [-0.05, 0) is 31.2 Å². The molecule has 0 amide bonds. The fourth-order valence-corrected chi connectivity index (χ4v) is 3.00. The van der Waals surface area contributed by atoms with Crippen LogP contribution >= 0.6 is 31.9 Å². The molecule has 1 rings (SSSR count). The van der Waals surface area contributed by atoms with Crippen molar-refractivity contribution in [3.8, 4) is 0 Å². The Morgan fingerprint density at radius 3 is 2.38 bits per heavy atom. The van der Waals surface area contributed by atoms with E-state index in [1.165, 1.54) is 11.4 Å². The van der Waals surface area contributed by atoms with E-state index in [-0.39, 0.29) is 5.41 Å². The number of aryl methyl sites for hydroxylation is 2. The second kappa shape index (κ2) is 6.20. The van der Waals surface area contributed by atoms with Crippen molar-refractivity contribution in [2.24, 2.45) is 5.41 Å². The predicted octanol–water partition coefficient (Wildman–Crippen LogP) is 3.80. The molecule has 0 bridgehead atoms. The van der Waals surface area contributed by atoms with Gasteiger partial charge in [0.25, 0.3) is 0 Å². The molecule has 0 N–H and O–H groups in total. The van der Waals surface area contributed by atoms with E-state index in [0.29, 0.717) is 0 Å². The van der Waals surface area contributed by atoms with E-state index in [1.54, 1.807) is 0 Å². The highest BCUT2D eigenvalue weighted by molar-refractivity contribution is 9.09. The summed E-state index contributed by atoms with van der Waals surface area (Å²) in [6.45, 7) is 7.54. The van der Waals surface area contributed by atoms with Crippen LogP contribution in [-0.4, -0.2) is 20.4 Å². The SMILES string of the molecule is CCc1cc(CC(C)(CBr)CBr)n(CC)n1. The highest BCUT2D eigenvalue weighted by atomic mass is 79.9. The van der Waals surface area contributed by atoms with E-state index in [2.05, 4.69) is 68.5 Å². The molecule has 0 unspecified atom stereocenters. The molecule has 0 aromatic carbocycles. The van der Waals surface area contributed by atoms with Crippen LogP contribution in [0.5, 0.6) is 0 Å². The van der Waals surface area contributed by atoms with Gasteiger partial charge in [-0.15, -0.1) is 0 Å². The summed E-state index contributed by atoms with van der Waals surface area (Å²) in [5, 5.41) is 6.59. The molecule has 0 saturated carbocycles. The lowest BCUT2D eigenvalue weighted by atomic mass is 9.90. The minimum absolute atomic E-state index is 0.262. The quantitative estimate of drug-likeness (QED) is 0.712. The normalized spacial score (nSPS) is 12.1. The van der Waals surface area contributed by atoms with Gasteiger partial charge in [-0.25, -0.2) is 0 Å². The van der Waals surface area contributed by atoms with Gasteiger partial charge < -0.3 is 0 Å². The number of rotatable bonds is 6. The zero-order chi connectivity index (χ0) is 12.2. The van der Waals surface area contributed by atoms with Crippen molar-refractivity contribution < 1.29 is 0 Å². The van der Waals surface area contributed by atoms with Crippen molar-refractivity contribution in [3.63, 3.8) is 0 Å². The smallest absolute Gasteiger partial charge is 0.0624 e. The molecule has 92 valence electrons. The number of hydrogen-bond acceptors (Lipinski definition) is 1. The number of alkyl halides is 2.